The second-order valence-corrected chi connectivity index (χ2v) is 4.83. The molecule has 18 heavy (non-hydrogen) atoms. The third kappa shape index (κ3) is 3.14. The summed E-state index contributed by atoms with van der Waals surface area (Å²) in [5.41, 5.74) is 2.21. The molecular formula is C11H20F3N3O. The molecule has 0 aromatic rings. The molecule has 0 bridgehead atoms. The first kappa shape index (κ1) is 15.2. The summed E-state index contributed by atoms with van der Waals surface area (Å²) in [6, 6.07) is 0.114. The van der Waals surface area contributed by atoms with E-state index in [4.69, 9.17) is 5.73 Å². The first-order chi connectivity index (χ1) is 8.20. The molecule has 7 heteroatoms. The summed E-state index contributed by atoms with van der Waals surface area (Å²) >= 11 is 0. The van der Waals surface area contributed by atoms with Crippen LogP contribution in [-0.2, 0) is 4.79 Å². The van der Waals surface area contributed by atoms with Gasteiger partial charge in [0, 0.05) is 12.6 Å². The molecule has 0 aromatic heterocycles. The zero-order valence-corrected chi connectivity index (χ0v) is 10.7. The number of halogens is 3. The smallest absolute Gasteiger partial charge is 0.353 e. The Morgan fingerprint density at radius 1 is 1.50 bits per heavy atom. The Balaban J connectivity index is 2.51. The summed E-state index contributed by atoms with van der Waals surface area (Å²) in [6.45, 7) is 4.66. The van der Waals surface area contributed by atoms with Crippen LogP contribution in [0.15, 0.2) is 0 Å². The van der Waals surface area contributed by atoms with Gasteiger partial charge in [-0.15, -0.1) is 0 Å². The normalized spacial score (nSPS) is 24.9. The number of alkyl halides is 3. The quantitative estimate of drug-likeness (QED) is 0.794. The van der Waals surface area contributed by atoms with Crippen LogP contribution in [0, 0.1) is 0 Å². The Morgan fingerprint density at radius 2 is 2.11 bits per heavy atom. The molecule has 2 unspecified atom stereocenters. The van der Waals surface area contributed by atoms with Crippen LogP contribution < -0.4 is 11.1 Å². The summed E-state index contributed by atoms with van der Waals surface area (Å²) in [5, 5.41) is 2.31. The van der Waals surface area contributed by atoms with Crippen LogP contribution in [0.25, 0.3) is 0 Å². The molecule has 1 aliphatic heterocycles. The van der Waals surface area contributed by atoms with Crippen molar-refractivity contribution in [3.8, 4) is 0 Å². The lowest BCUT2D eigenvalue weighted by atomic mass is 10.0. The topological polar surface area (TPSA) is 58.4 Å². The first-order valence-corrected chi connectivity index (χ1v) is 6.08. The minimum Gasteiger partial charge on any atom is -0.353 e. The molecule has 0 spiro atoms. The maximum absolute atomic E-state index is 12.5. The maximum atomic E-state index is 12.5. The van der Waals surface area contributed by atoms with Crippen molar-refractivity contribution in [1.82, 2.24) is 10.2 Å². The van der Waals surface area contributed by atoms with E-state index < -0.39 is 17.6 Å². The average molecular weight is 267 g/mol. The van der Waals surface area contributed by atoms with E-state index >= 15 is 0 Å². The summed E-state index contributed by atoms with van der Waals surface area (Å²) in [4.78, 5) is 13.6. The van der Waals surface area contributed by atoms with E-state index in [0.717, 1.165) is 25.9 Å². The fourth-order valence-corrected chi connectivity index (χ4v) is 2.07. The van der Waals surface area contributed by atoms with Crippen LogP contribution in [0.1, 0.15) is 26.7 Å². The van der Waals surface area contributed by atoms with Gasteiger partial charge in [0.15, 0.2) is 5.54 Å². The molecule has 2 atom stereocenters. The van der Waals surface area contributed by atoms with Crippen molar-refractivity contribution in [2.24, 2.45) is 5.73 Å². The lowest BCUT2D eigenvalue weighted by Crippen LogP contribution is -2.62. The molecule has 0 aromatic carbocycles. The Bertz CT molecular complexity index is 304. The van der Waals surface area contributed by atoms with E-state index in [-0.39, 0.29) is 12.6 Å². The highest BCUT2D eigenvalue weighted by molar-refractivity contribution is 5.86. The summed E-state index contributed by atoms with van der Waals surface area (Å²) in [6.07, 6.45) is -2.84. The van der Waals surface area contributed by atoms with Crippen molar-refractivity contribution in [2.45, 2.75) is 44.4 Å². The molecule has 1 fully saturated rings. The van der Waals surface area contributed by atoms with Gasteiger partial charge in [0.25, 0.3) is 0 Å². The molecule has 106 valence electrons. The molecule has 3 N–H and O–H groups in total. The van der Waals surface area contributed by atoms with E-state index in [9.17, 15) is 18.0 Å². The minimum atomic E-state index is -4.74. The molecule has 1 aliphatic rings. The molecular weight excluding hydrogens is 247 g/mol. The predicted octanol–water partition coefficient (Wildman–Crippen LogP) is 0.867. The number of hydrogen-bond acceptors (Lipinski definition) is 3. The number of likely N-dealkylation sites (N-methyl/N-ethyl adjacent to an activating group) is 1. The zero-order chi connectivity index (χ0) is 14.0. The molecule has 1 amide bonds. The van der Waals surface area contributed by atoms with Crippen LogP contribution in [0.5, 0.6) is 0 Å². The summed E-state index contributed by atoms with van der Waals surface area (Å²) in [7, 11) is 0. The third-order valence-corrected chi connectivity index (χ3v) is 3.46. The van der Waals surface area contributed by atoms with Gasteiger partial charge in [0.05, 0.1) is 0 Å². The monoisotopic (exact) mass is 267 g/mol. The van der Waals surface area contributed by atoms with Crippen molar-refractivity contribution in [1.29, 1.82) is 0 Å². The van der Waals surface area contributed by atoms with E-state index in [2.05, 4.69) is 10.2 Å². The number of rotatable bonds is 4. The molecule has 0 aliphatic carbocycles. The predicted molar refractivity (Wildman–Crippen MR) is 61.9 cm³/mol. The molecule has 0 radical (unpaired) electrons. The summed E-state index contributed by atoms with van der Waals surface area (Å²) < 4.78 is 37.6. The van der Waals surface area contributed by atoms with Gasteiger partial charge in [-0.05, 0) is 32.9 Å². The molecule has 1 rings (SSSR count). The van der Waals surface area contributed by atoms with Gasteiger partial charge in [0.2, 0.25) is 5.91 Å². The van der Waals surface area contributed by atoms with Gasteiger partial charge in [0.1, 0.15) is 0 Å². The summed E-state index contributed by atoms with van der Waals surface area (Å²) in [5.74, 6) is -1.17. The fraction of sp³-hybridized carbons (Fsp3) is 0.909. The van der Waals surface area contributed by atoms with Crippen LogP contribution in [0.4, 0.5) is 13.2 Å². The van der Waals surface area contributed by atoms with E-state index in [1.807, 2.05) is 6.92 Å². The van der Waals surface area contributed by atoms with Crippen molar-refractivity contribution in [2.75, 3.05) is 19.6 Å². The molecule has 4 nitrogen and oxygen atoms in total. The van der Waals surface area contributed by atoms with Gasteiger partial charge in [-0.2, -0.15) is 13.2 Å². The Labute approximate surface area is 105 Å². The van der Waals surface area contributed by atoms with Crippen LogP contribution in [0.2, 0.25) is 0 Å². The Hall–Kier alpha value is -0.820. The number of likely N-dealkylation sites (tertiary alicyclic amines) is 1. The van der Waals surface area contributed by atoms with Crippen molar-refractivity contribution >= 4 is 5.91 Å². The van der Waals surface area contributed by atoms with E-state index in [0.29, 0.717) is 6.92 Å². The van der Waals surface area contributed by atoms with Gasteiger partial charge < -0.3 is 11.1 Å². The van der Waals surface area contributed by atoms with Gasteiger partial charge in [-0.25, -0.2) is 0 Å². The molecule has 1 heterocycles. The second-order valence-electron chi connectivity index (χ2n) is 4.83. The highest BCUT2D eigenvalue weighted by Gasteiger charge is 2.53. The van der Waals surface area contributed by atoms with Gasteiger partial charge in [-0.1, -0.05) is 6.92 Å². The number of nitrogens with one attached hydrogen (secondary N) is 1. The Morgan fingerprint density at radius 3 is 2.61 bits per heavy atom. The van der Waals surface area contributed by atoms with Gasteiger partial charge in [-0.3, -0.25) is 9.69 Å². The molecule has 1 saturated heterocycles. The van der Waals surface area contributed by atoms with Crippen molar-refractivity contribution in [3.05, 3.63) is 0 Å². The highest BCUT2D eigenvalue weighted by Crippen LogP contribution is 2.28. The SMILES string of the molecule is CCN1CCCC1CNC(=O)C(C)(N)C(F)(F)F. The van der Waals surface area contributed by atoms with Crippen LogP contribution >= 0.6 is 0 Å². The second kappa shape index (κ2) is 5.44. The average Bonchev–Trinajstić information content (AvgIpc) is 2.71. The standard InChI is InChI=1S/C11H20F3N3O/c1-3-17-6-4-5-8(17)7-16-9(18)10(2,15)11(12,13)14/h8H,3-7,15H2,1-2H3,(H,16,18). The lowest BCUT2D eigenvalue weighted by Gasteiger charge is -2.28. The number of nitrogens with two attached hydrogens (primary N) is 1. The number of carbonyl (C=O) groups excluding carboxylic acids is 1. The van der Waals surface area contributed by atoms with Crippen molar-refractivity contribution in [3.63, 3.8) is 0 Å². The van der Waals surface area contributed by atoms with Crippen LogP contribution in [0.3, 0.4) is 0 Å². The third-order valence-electron chi connectivity index (χ3n) is 3.46. The fourth-order valence-electron chi connectivity index (χ4n) is 2.07. The zero-order valence-electron chi connectivity index (χ0n) is 10.7. The van der Waals surface area contributed by atoms with E-state index in [1.54, 1.807) is 0 Å². The van der Waals surface area contributed by atoms with E-state index in [1.165, 1.54) is 0 Å². The molecule has 0 saturated carbocycles. The first-order valence-electron chi connectivity index (χ1n) is 6.08. The van der Waals surface area contributed by atoms with Crippen molar-refractivity contribution < 1.29 is 18.0 Å². The maximum Gasteiger partial charge on any atom is 0.415 e. The van der Waals surface area contributed by atoms with Gasteiger partial charge >= 0.3 is 6.18 Å². The minimum absolute atomic E-state index is 0.114. The number of hydrogen-bond donors (Lipinski definition) is 2. The number of amides is 1. The highest BCUT2D eigenvalue weighted by atomic mass is 19.4. The Kier molecular flexibility index (Phi) is 4.61. The number of carbonyl (C=O) groups is 1. The lowest BCUT2D eigenvalue weighted by molar-refractivity contribution is -0.187. The van der Waals surface area contributed by atoms with Crippen LogP contribution in [-0.4, -0.2) is 48.2 Å². The largest absolute Gasteiger partial charge is 0.415 e. The number of nitrogens with zero attached hydrogens (tertiary/aromatic N) is 1.